The zero-order chi connectivity index (χ0) is 24.2. The van der Waals surface area contributed by atoms with Crippen molar-refractivity contribution >= 4 is 22.5 Å². The summed E-state index contributed by atoms with van der Waals surface area (Å²) in [7, 11) is 0. The van der Waals surface area contributed by atoms with Gasteiger partial charge in [0.2, 0.25) is 0 Å². The lowest BCUT2D eigenvalue weighted by atomic mass is 10.1. The van der Waals surface area contributed by atoms with Crippen molar-refractivity contribution < 1.29 is 14.2 Å². The lowest BCUT2D eigenvalue weighted by Crippen LogP contribution is -2.03. The van der Waals surface area contributed by atoms with Crippen molar-refractivity contribution in [3.8, 4) is 17.0 Å². The lowest BCUT2D eigenvalue weighted by molar-refractivity contribution is 0.299. The molecule has 0 atom stereocenters. The van der Waals surface area contributed by atoms with Gasteiger partial charge in [0, 0.05) is 29.1 Å². The molecule has 35 heavy (non-hydrogen) atoms. The minimum Gasteiger partial charge on any atom is -0.489 e. The van der Waals surface area contributed by atoms with Gasteiger partial charge < -0.3 is 14.4 Å². The molecule has 0 aliphatic rings. The normalized spacial score (nSPS) is 11.2. The van der Waals surface area contributed by atoms with E-state index < -0.39 is 0 Å². The first-order chi connectivity index (χ1) is 17.1. The van der Waals surface area contributed by atoms with Gasteiger partial charge in [-0.25, -0.2) is 4.39 Å². The standard InChI is InChI=1S/C30H25ClFNO2/c31-27-9-5-4-8-25(27)30-29(32)26-18-24(35-20-23-6-2-1-3-7-23)14-15-28(26)33(30)19-22-12-10-21(11-13-22)16-17-34/h1-15,18,34H,16-17,19-20H2. The molecule has 0 amide bonds. The fraction of sp³-hybridized carbons (Fsp3) is 0.133. The van der Waals surface area contributed by atoms with Crippen LogP contribution in [0.15, 0.2) is 97.1 Å². The topological polar surface area (TPSA) is 34.4 Å². The number of aliphatic hydroxyl groups is 1. The number of ether oxygens (including phenoxy) is 1. The highest BCUT2D eigenvalue weighted by Gasteiger charge is 2.21. The molecule has 1 N–H and O–H groups in total. The molecule has 0 unspecified atom stereocenters. The molecule has 3 nitrogen and oxygen atoms in total. The Bertz CT molecular complexity index is 1450. The molecular weight excluding hydrogens is 461 g/mol. The second-order valence-electron chi connectivity index (χ2n) is 8.47. The number of aliphatic hydroxyl groups excluding tert-OH is 1. The van der Waals surface area contributed by atoms with E-state index in [0.717, 1.165) is 22.2 Å². The van der Waals surface area contributed by atoms with Gasteiger partial charge in [0.1, 0.15) is 12.4 Å². The van der Waals surface area contributed by atoms with Crippen LogP contribution in [0.25, 0.3) is 22.2 Å². The van der Waals surface area contributed by atoms with Crippen LogP contribution in [-0.2, 0) is 19.6 Å². The van der Waals surface area contributed by atoms with Gasteiger partial charge in [0.05, 0.1) is 11.2 Å². The van der Waals surface area contributed by atoms with Gasteiger partial charge in [-0.2, -0.15) is 0 Å². The maximum Gasteiger partial charge on any atom is 0.156 e. The lowest BCUT2D eigenvalue weighted by Gasteiger charge is -2.13. The van der Waals surface area contributed by atoms with Crippen LogP contribution in [0.1, 0.15) is 16.7 Å². The fourth-order valence-electron chi connectivity index (χ4n) is 4.33. The predicted molar refractivity (Wildman–Crippen MR) is 139 cm³/mol. The van der Waals surface area contributed by atoms with Gasteiger partial charge in [-0.05, 0) is 47.4 Å². The molecule has 5 heteroatoms. The minimum absolute atomic E-state index is 0.109. The van der Waals surface area contributed by atoms with E-state index in [-0.39, 0.29) is 12.4 Å². The number of nitrogens with zero attached hydrogens (tertiary/aromatic N) is 1. The molecule has 0 fully saturated rings. The van der Waals surface area contributed by atoms with Crippen molar-refractivity contribution in [2.45, 2.75) is 19.6 Å². The Hall–Kier alpha value is -3.60. The Morgan fingerprint density at radius 1 is 0.800 bits per heavy atom. The average Bonchev–Trinajstić information content (AvgIpc) is 3.15. The van der Waals surface area contributed by atoms with Crippen LogP contribution in [0.2, 0.25) is 5.02 Å². The zero-order valence-corrected chi connectivity index (χ0v) is 19.9. The van der Waals surface area contributed by atoms with Crippen molar-refractivity contribution in [1.29, 1.82) is 0 Å². The molecule has 5 aromatic rings. The second kappa shape index (κ2) is 10.3. The molecular formula is C30H25ClFNO2. The van der Waals surface area contributed by atoms with Crippen LogP contribution in [0, 0.1) is 5.82 Å². The Morgan fingerprint density at radius 2 is 1.51 bits per heavy atom. The van der Waals surface area contributed by atoms with E-state index in [9.17, 15) is 5.11 Å². The summed E-state index contributed by atoms with van der Waals surface area (Å²) in [4.78, 5) is 0. The summed E-state index contributed by atoms with van der Waals surface area (Å²) in [6.45, 7) is 0.995. The summed E-state index contributed by atoms with van der Waals surface area (Å²) >= 11 is 6.51. The number of hydrogen-bond donors (Lipinski definition) is 1. The molecule has 1 aromatic heterocycles. The smallest absolute Gasteiger partial charge is 0.156 e. The van der Waals surface area contributed by atoms with E-state index in [1.807, 2.05) is 89.5 Å². The number of halogens is 2. The second-order valence-corrected chi connectivity index (χ2v) is 8.88. The number of aromatic nitrogens is 1. The van der Waals surface area contributed by atoms with Crippen molar-refractivity contribution in [2.75, 3.05) is 6.61 Å². The van der Waals surface area contributed by atoms with Gasteiger partial charge in [-0.15, -0.1) is 0 Å². The Morgan fingerprint density at radius 3 is 2.26 bits per heavy atom. The molecule has 0 radical (unpaired) electrons. The van der Waals surface area contributed by atoms with Crippen molar-refractivity contribution in [2.24, 2.45) is 0 Å². The highest BCUT2D eigenvalue weighted by molar-refractivity contribution is 6.33. The van der Waals surface area contributed by atoms with Crippen molar-refractivity contribution in [3.63, 3.8) is 0 Å². The quantitative estimate of drug-likeness (QED) is 0.251. The van der Waals surface area contributed by atoms with Gasteiger partial charge in [0.15, 0.2) is 5.82 Å². The SMILES string of the molecule is OCCc1ccc(Cn2c(-c3ccccc3Cl)c(F)c3cc(OCc4ccccc4)ccc32)cc1. The number of benzene rings is 4. The molecule has 0 bridgehead atoms. The van der Waals surface area contributed by atoms with Crippen LogP contribution in [0.3, 0.4) is 0 Å². The molecule has 0 aliphatic heterocycles. The first-order valence-corrected chi connectivity index (χ1v) is 11.9. The summed E-state index contributed by atoms with van der Waals surface area (Å²) in [5.41, 5.74) is 5.00. The van der Waals surface area contributed by atoms with Crippen molar-refractivity contribution in [1.82, 2.24) is 4.57 Å². The molecule has 0 saturated heterocycles. The maximum absolute atomic E-state index is 16.0. The third kappa shape index (κ3) is 4.95. The Balaban J connectivity index is 1.56. The van der Waals surface area contributed by atoms with Gasteiger partial charge in [-0.1, -0.05) is 84.4 Å². The molecule has 176 valence electrons. The molecule has 4 aromatic carbocycles. The summed E-state index contributed by atoms with van der Waals surface area (Å²) in [6.07, 6.45) is 0.609. The molecule has 0 aliphatic carbocycles. The predicted octanol–water partition coefficient (Wildman–Crippen LogP) is 7.26. The van der Waals surface area contributed by atoms with E-state index in [1.54, 1.807) is 12.1 Å². The average molecular weight is 486 g/mol. The third-order valence-electron chi connectivity index (χ3n) is 6.11. The summed E-state index contributed by atoms with van der Waals surface area (Å²) in [5, 5.41) is 10.2. The van der Waals surface area contributed by atoms with E-state index in [0.29, 0.717) is 47.0 Å². The van der Waals surface area contributed by atoms with Gasteiger partial charge >= 0.3 is 0 Å². The monoisotopic (exact) mass is 485 g/mol. The van der Waals surface area contributed by atoms with E-state index in [2.05, 4.69) is 0 Å². The van der Waals surface area contributed by atoms with Crippen molar-refractivity contribution in [3.05, 3.63) is 125 Å². The fourth-order valence-corrected chi connectivity index (χ4v) is 4.55. The Kier molecular flexibility index (Phi) is 6.84. The third-order valence-corrected chi connectivity index (χ3v) is 6.44. The summed E-state index contributed by atoms with van der Waals surface area (Å²) < 4.78 is 23.9. The highest BCUT2D eigenvalue weighted by atomic mass is 35.5. The first-order valence-electron chi connectivity index (χ1n) is 11.6. The van der Waals surface area contributed by atoms with Crippen LogP contribution < -0.4 is 4.74 Å². The van der Waals surface area contributed by atoms with E-state index in [1.165, 1.54) is 0 Å². The van der Waals surface area contributed by atoms with Crippen LogP contribution in [0.5, 0.6) is 5.75 Å². The summed E-state index contributed by atoms with van der Waals surface area (Å²) in [6, 6.07) is 30.8. The van der Waals surface area contributed by atoms with E-state index >= 15 is 4.39 Å². The highest BCUT2D eigenvalue weighted by Crippen LogP contribution is 2.38. The number of fused-ring (bicyclic) bond motifs is 1. The molecule has 5 rings (SSSR count). The first kappa shape index (κ1) is 23.2. The maximum atomic E-state index is 16.0. The molecule has 0 saturated carbocycles. The number of hydrogen-bond acceptors (Lipinski definition) is 2. The minimum atomic E-state index is -0.324. The number of rotatable bonds is 8. The van der Waals surface area contributed by atoms with Crippen LogP contribution >= 0.6 is 11.6 Å². The zero-order valence-electron chi connectivity index (χ0n) is 19.1. The van der Waals surface area contributed by atoms with Gasteiger partial charge in [0.25, 0.3) is 0 Å². The van der Waals surface area contributed by atoms with Gasteiger partial charge in [-0.3, -0.25) is 0 Å². The summed E-state index contributed by atoms with van der Waals surface area (Å²) in [5.74, 6) is 0.284. The van der Waals surface area contributed by atoms with Crippen LogP contribution in [0.4, 0.5) is 4.39 Å². The Labute approximate surface area is 209 Å². The molecule has 0 spiro atoms. The van der Waals surface area contributed by atoms with E-state index in [4.69, 9.17) is 16.3 Å². The largest absolute Gasteiger partial charge is 0.489 e. The van der Waals surface area contributed by atoms with Crippen LogP contribution in [-0.4, -0.2) is 16.3 Å². The molecule has 1 heterocycles.